The van der Waals surface area contributed by atoms with Gasteiger partial charge in [0, 0.05) is 35.9 Å². The molecule has 2 aromatic carbocycles. The smallest absolute Gasteiger partial charge is 0.369 e. The molecule has 4 rings (SSSR count). The molecule has 2 heterocycles. The molecule has 1 aromatic heterocycles. The van der Waals surface area contributed by atoms with Crippen LogP contribution in [0.15, 0.2) is 59.5 Å². The normalized spacial score (nSPS) is 17.9. The van der Waals surface area contributed by atoms with Crippen molar-refractivity contribution in [2.75, 3.05) is 11.4 Å². The Labute approximate surface area is 161 Å². The van der Waals surface area contributed by atoms with Gasteiger partial charge in [-0.15, -0.1) is 0 Å². The van der Waals surface area contributed by atoms with Crippen molar-refractivity contribution in [3.05, 3.63) is 70.5 Å². The Morgan fingerprint density at radius 3 is 2.57 bits per heavy atom. The summed E-state index contributed by atoms with van der Waals surface area (Å²) in [6, 6.07) is 12.7. The van der Waals surface area contributed by atoms with E-state index < -0.39 is 11.7 Å². The van der Waals surface area contributed by atoms with E-state index in [2.05, 4.69) is 6.92 Å². The standard InChI is InChI=1S/C22H21F3N2O/c1-15-6-4-5-12-26(15)16-9-10-20(18(14-16)22(23,24)25)27-13-11-21(28)17-7-2-3-8-19(17)27/h2-3,7-11,13-15H,4-6,12H2,1H3. The van der Waals surface area contributed by atoms with Crippen LogP contribution < -0.4 is 10.3 Å². The van der Waals surface area contributed by atoms with Gasteiger partial charge >= 0.3 is 6.18 Å². The van der Waals surface area contributed by atoms with Gasteiger partial charge < -0.3 is 9.47 Å². The van der Waals surface area contributed by atoms with Gasteiger partial charge in [0.15, 0.2) is 5.43 Å². The van der Waals surface area contributed by atoms with Crippen molar-refractivity contribution >= 4 is 16.6 Å². The lowest BCUT2D eigenvalue weighted by Gasteiger charge is -2.36. The van der Waals surface area contributed by atoms with Gasteiger partial charge in [0.25, 0.3) is 0 Å². The second-order valence-electron chi connectivity index (χ2n) is 7.30. The molecule has 146 valence electrons. The van der Waals surface area contributed by atoms with Crippen LogP contribution in [0.1, 0.15) is 31.7 Å². The molecule has 1 atom stereocenters. The predicted octanol–water partition coefficient (Wildman–Crippen LogP) is 5.39. The average Bonchev–Trinajstić information content (AvgIpc) is 2.68. The third-order valence-electron chi connectivity index (χ3n) is 5.48. The van der Waals surface area contributed by atoms with E-state index in [1.807, 2.05) is 4.90 Å². The maximum absolute atomic E-state index is 14.0. The van der Waals surface area contributed by atoms with Crippen LogP contribution in [-0.4, -0.2) is 17.2 Å². The first-order chi connectivity index (χ1) is 13.4. The molecule has 3 aromatic rings. The summed E-state index contributed by atoms with van der Waals surface area (Å²) in [7, 11) is 0. The number of anilines is 1. The third-order valence-corrected chi connectivity index (χ3v) is 5.48. The highest BCUT2D eigenvalue weighted by atomic mass is 19.4. The second-order valence-corrected chi connectivity index (χ2v) is 7.30. The number of rotatable bonds is 2. The summed E-state index contributed by atoms with van der Waals surface area (Å²) in [6.07, 6.45) is -0.0243. The van der Waals surface area contributed by atoms with Crippen molar-refractivity contribution in [1.29, 1.82) is 0 Å². The van der Waals surface area contributed by atoms with Crippen LogP contribution in [0.4, 0.5) is 18.9 Å². The maximum atomic E-state index is 14.0. The summed E-state index contributed by atoms with van der Waals surface area (Å²) < 4.78 is 43.3. The van der Waals surface area contributed by atoms with Gasteiger partial charge in [0.2, 0.25) is 0 Å². The number of para-hydroxylation sites is 1. The van der Waals surface area contributed by atoms with Crippen LogP contribution in [0.5, 0.6) is 0 Å². The molecule has 0 bridgehead atoms. The van der Waals surface area contributed by atoms with E-state index >= 15 is 0 Å². The monoisotopic (exact) mass is 386 g/mol. The topological polar surface area (TPSA) is 25.2 Å². The molecule has 0 saturated carbocycles. The lowest BCUT2D eigenvalue weighted by molar-refractivity contribution is -0.137. The Morgan fingerprint density at radius 2 is 1.82 bits per heavy atom. The number of hydrogen-bond donors (Lipinski definition) is 0. The molecular formula is C22H21F3N2O. The van der Waals surface area contributed by atoms with Gasteiger partial charge in [0.1, 0.15) is 0 Å². The molecule has 0 amide bonds. The van der Waals surface area contributed by atoms with E-state index in [0.717, 1.165) is 25.8 Å². The predicted molar refractivity (Wildman–Crippen MR) is 105 cm³/mol. The highest BCUT2D eigenvalue weighted by Crippen LogP contribution is 2.38. The molecule has 0 radical (unpaired) electrons. The fraction of sp³-hybridized carbons (Fsp3) is 0.318. The molecule has 1 unspecified atom stereocenters. The van der Waals surface area contributed by atoms with Gasteiger partial charge in [-0.1, -0.05) is 12.1 Å². The van der Waals surface area contributed by atoms with Crippen LogP contribution >= 0.6 is 0 Å². The Kier molecular flexibility index (Phi) is 4.65. The Balaban J connectivity index is 1.91. The average molecular weight is 386 g/mol. The van der Waals surface area contributed by atoms with Gasteiger partial charge in [-0.25, -0.2) is 0 Å². The highest BCUT2D eigenvalue weighted by Gasteiger charge is 2.35. The van der Waals surface area contributed by atoms with E-state index in [-0.39, 0.29) is 17.2 Å². The number of halogens is 3. The molecule has 1 aliphatic rings. The summed E-state index contributed by atoms with van der Waals surface area (Å²) >= 11 is 0. The van der Waals surface area contributed by atoms with Crippen LogP contribution in [0.3, 0.4) is 0 Å². The lowest BCUT2D eigenvalue weighted by Crippen LogP contribution is -2.37. The van der Waals surface area contributed by atoms with E-state index in [1.54, 1.807) is 30.3 Å². The largest absolute Gasteiger partial charge is 0.418 e. The molecule has 0 spiro atoms. The summed E-state index contributed by atoms with van der Waals surface area (Å²) in [5, 5.41) is 0.395. The molecule has 6 heteroatoms. The zero-order chi connectivity index (χ0) is 19.9. The number of nitrogens with zero attached hydrogens (tertiary/aromatic N) is 2. The number of alkyl halides is 3. The molecule has 1 fully saturated rings. The first kappa shape index (κ1) is 18.6. The number of hydrogen-bond acceptors (Lipinski definition) is 2. The van der Waals surface area contributed by atoms with Crippen LogP contribution in [0.2, 0.25) is 0 Å². The summed E-state index contributed by atoms with van der Waals surface area (Å²) in [5.41, 5.74) is 0.168. The zero-order valence-electron chi connectivity index (χ0n) is 15.5. The van der Waals surface area contributed by atoms with Crippen molar-refractivity contribution in [3.8, 4) is 5.69 Å². The number of piperidine rings is 1. The molecule has 0 N–H and O–H groups in total. The van der Waals surface area contributed by atoms with E-state index in [1.165, 1.54) is 29.0 Å². The fourth-order valence-corrected chi connectivity index (χ4v) is 4.04. The first-order valence-corrected chi connectivity index (χ1v) is 9.45. The number of aromatic nitrogens is 1. The van der Waals surface area contributed by atoms with E-state index in [0.29, 0.717) is 16.6 Å². The van der Waals surface area contributed by atoms with E-state index in [9.17, 15) is 18.0 Å². The fourth-order valence-electron chi connectivity index (χ4n) is 4.04. The Morgan fingerprint density at radius 1 is 1.04 bits per heavy atom. The van der Waals surface area contributed by atoms with E-state index in [4.69, 9.17) is 0 Å². The quantitative estimate of drug-likeness (QED) is 0.590. The molecule has 28 heavy (non-hydrogen) atoms. The van der Waals surface area contributed by atoms with Crippen LogP contribution in [0.25, 0.3) is 16.6 Å². The lowest BCUT2D eigenvalue weighted by atomic mass is 10.0. The molecular weight excluding hydrogens is 365 g/mol. The van der Waals surface area contributed by atoms with Crippen molar-refractivity contribution in [3.63, 3.8) is 0 Å². The van der Waals surface area contributed by atoms with Gasteiger partial charge in [-0.2, -0.15) is 13.2 Å². The minimum atomic E-state index is -4.51. The minimum absolute atomic E-state index is 0.0251. The molecule has 1 saturated heterocycles. The number of pyridine rings is 1. The minimum Gasteiger partial charge on any atom is -0.369 e. The molecule has 0 aliphatic carbocycles. The Hall–Kier alpha value is -2.76. The second kappa shape index (κ2) is 7.00. The summed E-state index contributed by atoms with van der Waals surface area (Å²) in [4.78, 5) is 14.1. The van der Waals surface area contributed by atoms with Crippen molar-refractivity contribution in [1.82, 2.24) is 4.57 Å². The van der Waals surface area contributed by atoms with Gasteiger partial charge in [-0.05, 0) is 56.5 Å². The van der Waals surface area contributed by atoms with Crippen LogP contribution in [-0.2, 0) is 6.18 Å². The maximum Gasteiger partial charge on any atom is 0.418 e. The summed E-state index contributed by atoms with van der Waals surface area (Å²) in [6.45, 7) is 2.81. The third kappa shape index (κ3) is 3.28. The SMILES string of the molecule is CC1CCCCN1c1ccc(-n2ccc(=O)c3ccccc32)c(C(F)(F)F)c1. The Bertz CT molecular complexity index is 1070. The van der Waals surface area contributed by atoms with Gasteiger partial charge in [0.05, 0.1) is 16.8 Å². The molecule has 1 aliphatic heterocycles. The van der Waals surface area contributed by atoms with Crippen LogP contribution in [0, 0.1) is 0 Å². The number of fused-ring (bicyclic) bond motifs is 1. The summed E-state index contributed by atoms with van der Waals surface area (Å²) in [5.74, 6) is 0. The van der Waals surface area contributed by atoms with Crippen molar-refractivity contribution < 1.29 is 13.2 Å². The van der Waals surface area contributed by atoms with Crippen molar-refractivity contribution in [2.45, 2.75) is 38.4 Å². The van der Waals surface area contributed by atoms with Gasteiger partial charge in [-0.3, -0.25) is 4.79 Å². The first-order valence-electron chi connectivity index (χ1n) is 9.45. The zero-order valence-corrected chi connectivity index (χ0v) is 15.5. The highest BCUT2D eigenvalue weighted by molar-refractivity contribution is 5.81. The van der Waals surface area contributed by atoms with Crippen molar-refractivity contribution in [2.24, 2.45) is 0 Å². The molecule has 3 nitrogen and oxygen atoms in total. The number of benzene rings is 2.